The molecule has 1 unspecified atom stereocenters. The third-order valence-electron chi connectivity index (χ3n) is 8.56. The summed E-state index contributed by atoms with van der Waals surface area (Å²) in [6, 6.07) is 24.5. The van der Waals surface area contributed by atoms with Gasteiger partial charge >= 0.3 is 0 Å². The summed E-state index contributed by atoms with van der Waals surface area (Å²) < 4.78 is 0. The van der Waals surface area contributed by atoms with Gasteiger partial charge in [-0.15, -0.1) is 0 Å². The van der Waals surface area contributed by atoms with Crippen molar-refractivity contribution < 1.29 is 0 Å². The minimum atomic E-state index is -2.54. The van der Waals surface area contributed by atoms with Gasteiger partial charge in [0.15, 0.2) is 8.07 Å². The summed E-state index contributed by atoms with van der Waals surface area (Å²) in [5, 5.41) is 6.24. The molecule has 4 rings (SSSR count). The summed E-state index contributed by atoms with van der Waals surface area (Å²) >= 11 is 0. The Kier molecular flexibility index (Phi) is 7.62. The second-order valence-electron chi connectivity index (χ2n) is 11.4. The van der Waals surface area contributed by atoms with Gasteiger partial charge in [-0.1, -0.05) is 120 Å². The van der Waals surface area contributed by atoms with Gasteiger partial charge in [0, 0.05) is 0 Å². The van der Waals surface area contributed by atoms with Crippen LogP contribution in [-0.4, -0.2) is 8.07 Å². The Hall–Kier alpha value is -2.64. The van der Waals surface area contributed by atoms with Crippen LogP contribution in [0.1, 0.15) is 75.3 Å². The first-order valence-corrected chi connectivity index (χ1v) is 15.8. The summed E-state index contributed by atoms with van der Waals surface area (Å²) in [5.74, 6) is 0.443. The zero-order valence-electron chi connectivity index (χ0n) is 24.0. The summed E-state index contributed by atoms with van der Waals surface area (Å²) in [6.07, 6.45) is 3.65. The monoisotopic (exact) mass is 492 g/mol. The Balaban J connectivity index is 2.15. The number of benzene rings is 3. The van der Waals surface area contributed by atoms with Gasteiger partial charge in [-0.3, -0.25) is 0 Å². The van der Waals surface area contributed by atoms with Crippen molar-refractivity contribution in [3.05, 3.63) is 110 Å². The predicted molar refractivity (Wildman–Crippen MR) is 162 cm³/mol. The quantitative estimate of drug-likeness (QED) is 0.236. The summed E-state index contributed by atoms with van der Waals surface area (Å²) in [6.45, 7) is 20.9. The van der Waals surface area contributed by atoms with Crippen LogP contribution in [0, 0.1) is 33.6 Å². The molecule has 3 aromatic carbocycles. The average molecular weight is 493 g/mol. The van der Waals surface area contributed by atoms with Crippen LogP contribution in [0.2, 0.25) is 0 Å². The molecule has 0 saturated heterocycles. The Morgan fingerprint density at radius 2 is 1.08 bits per heavy atom. The van der Waals surface area contributed by atoms with Gasteiger partial charge in [-0.05, 0) is 93.9 Å². The van der Waals surface area contributed by atoms with Crippen LogP contribution >= 0.6 is 0 Å². The van der Waals surface area contributed by atoms with Crippen LogP contribution in [0.3, 0.4) is 0 Å². The third kappa shape index (κ3) is 4.59. The van der Waals surface area contributed by atoms with E-state index in [4.69, 9.17) is 0 Å². The van der Waals surface area contributed by atoms with Crippen LogP contribution in [-0.2, 0) is 6.42 Å². The second-order valence-corrected chi connectivity index (χ2v) is 15.1. The minimum Gasteiger partial charge on any atom is -0.0654 e. The van der Waals surface area contributed by atoms with Gasteiger partial charge in [0.25, 0.3) is 0 Å². The molecule has 1 heteroatoms. The van der Waals surface area contributed by atoms with Gasteiger partial charge < -0.3 is 0 Å². The van der Waals surface area contributed by atoms with Crippen molar-refractivity contribution in [2.24, 2.45) is 5.92 Å². The molecule has 188 valence electrons. The molecule has 0 saturated carbocycles. The molecule has 0 radical (unpaired) electrons. The topological polar surface area (TPSA) is 0 Å². The highest BCUT2D eigenvalue weighted by molar-refractivity contribution is 7.16. The molecule has 0 fully saturated rings. The lowest BCUT2D eigenvalue weighted by Gasteiger charge is -2.39. The van der Waals surface area contributed by atoms with Crippen molar-refractivity contribution in [1.29, 1.82) is 0 Å². The zero-order chi connectivity index (χ0) is 26.2. The molecule has 0 spiro atoms. The zero-order valence-corrected chi connectivity index (χ0v) is 25.0. The van der Waals surface area contributed by atoms with E-state index < -0.39 is 8.07 Å². The highest BCUT2D eigenvalue weighted by atomic mass is 28.3. The second kappa shape index (κ2) is 10.4. The van der Waals surface area contributed by atoms with E-state index in [1.807, 2.05) is 0 Å². The van der Waals surface area contributed by atoms with Crippen molar-refractivity contribution in [1.82, 2.24) is 0 Å². The van der Waals surface area contributed by atoms with Crippen molar-refractivity contribution >= 4 is 23.6 Å². The van der Waals surface area contributed by atoms with E-state index >= 15 is 0 Å². The molecule has 0 N–H and O–H groups in total. The first-order valence-electron chi connectivity index (χ1n) is 13.8. The fraction of sp³-hybridized carbons (Fsp3) is 0.371. The predicted octanol–water partition coefficient (Wildman–Crippen LogP) is 7.57. The lowest BCUT2D eigenvalue weighted by molar-refractivity contribution is 0.795. The summed E-state index contributed by atoms with van der Waals surface area (Å²) in [4.78, 5) is 0. The maximum absolute atomic E-state index is 2.54. The molecule has 1 atom stereocenters. The fourth-order valence-corrected chi connectivity index (χ4v) is 12.6. The number of rotatable bonds is 7. The number of hydrogen-bond donors (Lipinski definition) is 0. The van der Waals surface area contributed by atoms with Gasteiger partial charge in [-0.25, -0.2) is 0 Å². The molecule has 0 nitrogen and oxygen atoms in total. The fourth-order valence-electron chi connectivity index (χ4n) is 6.62. The molecule has 0 bridgehead atoms. The van der Waals surface area contributed by atoms with Crippen molar-refractivity contribution in [3.8, 4) is 0 Å². The maximum Gasteiger partial charge on any atom is 0.176 e. The Labute approximate surface area is 221 Å². The normalized spacial score (nSPS) is 16.3. The number of hydrogen-bond acceptors (Lipinski definition) is 0. The Bertz CT molecular complexity index is 1240. The molecular weight excluding hydrogens is 448 g/mol. The lowest BCUT2D eigenvalue weighted by atomic mass is 10.1. The molecule has 1 aliphatic rings. The standard InChI is InChI=1S/C35H44Si/c1-10-11-12-31-13-15-32(16-14-31)36(33-19-23(2)17-24(3)20-33,34-21-25(4)18-26(5)22-34)35-29(8)27(6)28(7)30(35)9/h13-22,29H,10-12H2,1-9H3. The minimum absolute atomic E-state index is 0.443. The SMILES string of the molecule is CCCCc1ccc([Si](C2=C(C)C(C)=C(C)C2C)(c2cc(C)cc(C)c2)c2cc(C)cc(C)c2)cc1. The van der Waals surface area contributed by atoms with Crippen molar-refractivity contribution in [2.45, 2.75) is 81.6 Å². The van der Waals surface area contributed by atoms with E-state index in [1.165, 1.54) is 72.9 Å². The summed E-state index contributed by atoms with van der Waals surface area (Å²) in [7, 11) is -2.54. The van der Waals surface area contributed by atoms with Gasteiger partial charge in [-0.2, -0.15) is 0 Å². The number of allylic oxidation sites excluding steroid dienone is 4. The maximum atomic E-state index is 2.50. The summed E-state index contributed by atoms with van der Waals surface area (Å²) in [5.41, 5.74) is 11.4. The molecule has 0 amide bonds. The van der Waals surface area contributed by atoms with Crippen LogP contribution in [0.4, 0.5) is 0 Å². The average Bonchev–Trinajstić information content (AvgIpc) is 3.01. The number of aryl methyl sites for hydroxylation is 5. The van der Waals surface area contributed by atoms with Gasteiger partial charge in [0.05, 0.1) is 0 Å². The largest absolute Gasteiger partial charge is 0.176 e. The smallest absolute Gasteiger partial charge is 0.0654 e. The lowest BCUT2D eigenvalue weighted by Crippen LogP contribution is -2.69. The van der Waals surface area contributed by atoms with Crippen LogP contribution < -0.4 is 15.6 Å². The molecular formula is C35H44Si. The first kappa shape index (κ1) is 26.4. The molecule has 1 aliphatic carbocycles. The highest BCUT2D eigenvalue weighted by Crippen LogP contribution is 2.41. The van der Waals surface area contributed by atoms with E-state index in [2.05, 4.69) is 123 Å². The molecule has 0 aliphatic heterocycles. The van der Waals surface area contributed by atoms with E-state index in [1.54, 1.807) is 5.20 Å². The molecule has 3 aromatic rings. The third-order valence-corrected chi connectivity index (χ3v) is 13.7. The Morgan fingerprint density at radius 1 is 0.611 bits per heavy atom. The van der Waals surface area contributed by atoms with E-state index in [0.29, 0.717) is 5.92 Å². The van der Waals surface area contributed by atoms with Crippen molar-refractivity contribution in [3.63, 3.8) is 0 Å². The van der Waals surface area contributed by atoms with Crippen LogP contribution in [0.5, 0.6) is 0 Å². The van der Waals surface area contributed by atoms with Crippen LogP contribution in [0.25, 0.3) is 0 Å². The van der Waals surface area contributed by atoms with Gasteiger partial charge in [0.1, 0.15) is 0 Å². The number of unbranched alkanes of at least 4 members (excludes halogenated alkanes) is 1. The van der Waals surface area contributed by atoms with E-state index in [0.717, 1.165) is 6.42 Å². The highest BCUT2D eigenvalue weighted by Gasteiger charge is 2.48. The van der Waals surface area contributed by atoms with Crippen LogP contribution in [0.15, 0.2) is 82.6 Å². The van der Waals surface area contributed by atoms with Crippen molar-refractivity contribution in [2.75, 3.05) is 0 Å². The van der Waals surface area contributed by atoms with Gasteiger partial charge in [0.2, 0.25) is 0 Å². The molecule has 0 heterocycles. The van der Waals surface area contributed by atoms with E-state index in [9.17, 15) is 0 Å². The van der Waals surface area contributed by atoms with E-state index in [-0.39, 0.29) is 0 Å². The molecule has 36 heavy (non-hydrogen) atoms. The Morgan fingerprint density at radius 3 is 1.47 bits per heavy atom. The molecule has 0 aromatic heterocycles. The first-order chi connectivity index (χ1) is 17.1.